The van der Waals surface area contributed by atoms with Gasteiger partial charge in [0.05, 0.1) is 0 Å². The van der Waals surface area contributed by atoms with Gasteiger partial charge in [-0.15, -0.1) is 0 Å². The Balaban J connectivity index is 0.00000240. The summed E-state index contributed by atoms with van der Waals surface area (Å²) in [6, 6.07) is 7.83. The van der Waals surface area contributed by atoms with Gasteiger partial charge in [0, 0.05) is 0 Å². The molecule has 0 nitrogen and oxygen atoms in total. The molecule has 0 aromatic heterocycles. The molecule has 2 aromatic carbocycles. The second kappa shape index (κ2) is 15.4. The number of allylic oxidation sites excluding steroid dienone is 4. The molecule has 46 heavy (non-hydrogen) atoms. The molecule has 0 bridgehead atoms. The van der Waals surface area contributed by atoms with Gasteiger partial charge in [-0.3, -0.25) is 0 Å². The first kappa shape index (κ1) is 38.1. The van der Waals surface area contributed by atoms with Crippen molar-refractivity contribution in [1.29, 1.82) is 0 Å². The molecule has 0 spiro atoms. The SMILES string of the molecule is Cc1cc2c(cc1C(C)(C)C)-c1cc(C(C)(C)C)c(C)[c]([Zr+2](=[C](CC3CCCCC3)CC3CCCCC3)[CH]3C=CC=C3)c1C2.[Cl-].[Cl-]. The maximum absolute atomic E-state index is 2.66. The summed E-state index contributed by atoms with van der Waals surface area (Å²) in [4.78, 5) is 0. The molecule has 2 fully saturated rings. The smallest absolute Gasteiger partial charge is 1.00 e. The van der Waals surface area contributed by atoms with E-state index in [2.05, 4.69) is 101 Å². The first-order chi connectivity index (χ1) is 20.9. The van der Waals surface area contributed by atoms with E-state index in [0.717, 1.165) is 18.3 Å². The molecule has 6 rings (SSSR count). The van der Waals surface area contributed by atoms with Crippen LogP contribution < -0.4 is 28.1 Å². The molecule has 4 aliphatic carbocycles. The van der Waals surface area contributed by atoms with Crippen molar-refractivity contribution in [3.8, 4) is 11.1 Å². The molecule has 0 atom stereocenters. The third kappa shape index (κ3) is 8.00. The Kier molecular flexibility index (Phi) is 12.8. The van der Waals surface area contributed by atoms with Gasteiger partial charge in [-0.1, -0.05) is 0 Å². The van der Waals surface area contributed by atoms with Crippen molar-refractivity contribution in [3.63, 3.8) is 0 Å². The van der Waals surface area contributed by atoms with Gasteiger partial charge in [0.1, 0.15) is 0 Å². The minimum atomic E-state index is -2.37. The van der Waals surface area contributed by atoms with E-state index < -0.39 is 21.3 Å². The van der Waals surface area contributed by atoms with E-state index in [-0.39, 0.29) is 35.6 Å². The molecule has 0 heterocycles. The predicted molar refractivity (Wildman–Crippen MR) is 191 cm³/mol. The third-order valence-electron chi connectivity index (χ3n) is 11.7. The number of rotatable bonds is 6. The fourth-order valence-electron chi connectivity index (χ4n) is 9.55. The van der Waals surface area contributed by atoms with Gasteiger partial charge in [0.2, 0.25) is 0 Å². The Morgan fingerprint density at radius 1 is 0.674 bits per heavy atom. The third-order valence-corrected chi connectivity index (χ3v) is 20.1. The number of benzene rings is 2. The summed E-state index contributed by atoms with van der Waals surface area (Å²) in [5.74, 6) is 1.86. The van der Waals surface area contributed by atoms with E-state index in [1.807, 2.05) is 3.27 Å². The van der Waals surface area contributed by atoms with Crippen molar-refractivity contribution < 1.29 is 46.1 Å². The molecule has 2 saturated carbocycles. The van der Waals surface area contributed by atoms with Crippen LogP contribution in [0.5, 0.6) is 0 Å². The van der Waals surface area contributed by atoms with Gasteiger partial charge in [-0.05, 0) is 0 Å². The molecule has 0 N–H and O–H groups in total. The number of hydrogen-bond donors (Lipinski definition) is 0. The molecule has 0 saturated heterocycles. The van der Waals surface area contributed by atoms with Crippen LogP contribution in [-0.2, 0) is 38.5 Å². The number of fused-ring (bicyclic) bond motifs is 3. The topological polar surface area (TPSA) is 0 Å². The molecule has 0 amide bonds. The Hall–Kier alpha value is -0.747. The van der Waals surface area contributed by atoms with Crippen LogP contribution in [0.25, 0.3) is 11.1 Å². The summed E-state index contributed by atoms with van der Waals surface area (Å²) in [5, 5.41) is 0. The molecule has 0 aliphatic heterocycles. The zero-order valence-corrected chi connectivity index (χ0v) is 34.2. The van der Waals surface area contributed by atoms with Crippen LogP contribution in [0.15, 0.2) is 42.5 Å². The van der Waals surface area contributed by atoms with Crippen LogP contribution in [0, 0.1) is 25.7 Å². The Bertz CT molecular complexity index is 1450. The first-order valence-corrected chi connectivity index (χ1v) is 22.2. The monoisotopic (exact) mass is 736 g/mol. The van der Waals surface area contributed by atoms with E-state index in [4.69, 9.17) is 0 Å². The first-order valence-electron chi connectivity index (χ1n) is 18.3. The maximum atomic E-state index is 2.66. The molecule has 3 heteroatoms. The standard InChI is InChI=1S/C23H29.C15H26.C5H5.2ClH.Zr/c1-14-9-16-11-17-10-15(2)21(23(6,7)8)13-19(17)18(16)12-20(14)22(3,4)5;1-3-8-14(9-4-1)12-7-13-15-10-5-2-6-11-15;1-2-4-5-3-1;;;/h9,12-13H,11H2,1-8H3;14-15H,1-6,8-13H2;1-5H;2*1H;/q;;;;;+2/p-2. The van der Waals surface area contributed by atoms with Crippen LogP contribution in [0.4, 0.5) is 0 Å². The molecule has 0 unspecified atom stereocenters. The normalized spacial score (nSPS) is 18.4. The van der Waals surface area contributed by atoms with Gasteiger partial charge in [0.15, 0.2) is 0 Å². The molecule has 2 aromatic rings. The fourth-order valence-corrected chi connectivity index (χ4v) is 19.1. The largest absolute Gasteiger partial charge is 1.00 e. The summed E-state index contributed by atoms with van der Waals surface area (Å²) in [6.07, 6.45) is 28.7. The average molecular weight is 739 g/mol. The summed E-state index contributed by atoms with van der Waals surface area (Å²) >= 11 is -2.37. The maximum Gasteiger partial charge on any atom is -1.00 e. The van der Waals surface area contributed by atoms with Crippen molar-refractivity contribution in [1.82, 2.24) is 0 Å². The summed E-state index contributed by atoms with van der Waals surface area (Å²) in [6.45, 7) is 19.5. The fraction of sp³-hybridized carbons (Fsp3) is 0.605. The van der Waals surface area contributed by atoms with Crippen LogP contribution in [0.1, 0.15) is 152 Å². The van der Waals surface area contributed by atoms with E-state index in [9.17, 15) is 0 Å². The van der Waals surface area contributed by atoms with Crippen molar-refractivity contribution in [2.45, 2.75) is 153 Å². The molecule has 4 aliphatic rings. The second-order valence-corrected chi connectivity index (χ2v) is 23.8. The summed E-state index contributed by atoms with van der Waals surface area (Å²) in [7, 11) is 0. The quantitative estimate of drug-likeness (QED) is 0.303. The van der Waals surface area contributed by atoms with Crippen molar-refractivity contribution in [2.75, 3.05) is 0 Å². The minimum absolute atomic E-state index is 0. The van der Waals surface area contributed by atoms with E-state index in [1.54, 1.807) is 33.4 Å². The Morgan fingerprint density at radius 3 is 1.67 bits per heavy atom. The number of hydrogen-bond acceptors (Lipinski definition) is 0. The average Bonchev–Trinajstić information content (AvgIpc) is 3.61. The van der Waals surface area contributed by atoms with Gasteiger partial charge in [-0.2, -0.15) is 0 Å². The molecule has 250 valence electrons. The Labute approximate surface area is 302 Å². The zero-order valence-electron chi connectivity index (χ0n) is 30.2. The van der Waals surface area contributed by atoms with Crippen molar-refractivity contribution >= 4 is 6.48 Å². The zero-order chi connectivity index (χ0) is 31.2. The van der Waals surface area contributed by atoms with Gasteiger partial charge >= 0.3 is 280 Å². The van der Waals surface area contributed by atoms with Crippen LogP contribution in [0.3, 0.4) is 0 Å². The van der Waals surface area contributed by atoms with Gasteiger partial charge in [0.25, 0.3) is 0 Å². The summed E-state index contributed by atoms with van der Waals surface area (Å²) in [5.41, 5.74) is 13.0. The Morgan fingerprint density at radius 2 is 1.17 bits per heavy atom. The molecular formula is C43H60Cl2Zr. The van der Waals surface area contributed by atoms with Crippen LogP contribution >= 0.6 is 0 Å². The minimum Gasteiger partial charge on any atom is -1.00 e. The van der Waals surface area contributed by atoms with E-state index in [1.165, 1.54) is 88.2 Å². The van der Waals surface area contributed by atoms with Gasteiger partial charge in [-0.25, -0.2) is 0 Å². The van der Waals surface area contributed by atoms with Crippen molar-refractivity contribution in [2.24, 2.45) is 11.8 Å². The van der Waals surface area contributed by atoms with Crippen LogP contribution in [0.2, 0.25) is 3.63 Å². The number of aryl methyl sites for hydroxylation is 1. The van der Waals surface area contributed by atoms with Gasteiger partial charge < -0.3 is 24.8 Å². The molecular weight excluding hydrogens is 679 g/mol. The second-order valence-electron chi connectivity index (χ2n) is 17.2. The van der Waals surface area contributed by atoms with Crippen LogP contribution in [-0.4, -0.2) is 3.21 Å². The van der Waals surface area contributed by atoms with Crippen molar-refractivity contribution in [3.05, 3.63) is 75.9 Å². The number of halogens is 2. The summed E-state index contributed by atoms with van der Waals surface area (Å²) < 4.78 is 4.68. The molecule has 0 radical (unpaired) electrons. The van der Waals surface area contributed by atoms with E-state index in [0.29, 0.717) is 3.63 Å². The predicted octanol–water partition coefficient (Wildman–Crippen LogP) is 5.75. The van der Waals surface area contributed by atoms with E-state index >= 15 is 0 Å².